The van der Waals surface area contributed by atoms with Crippen LogP contribution in [0.4, 0.5) is 0 Å². The average molecular weight is 375 g/mol. The molecule has 0 spiro atoms. The fraction of sp³-hybridized carbons (Fsp3) is 0.400. The van der Waals surface area contributed by atoms with Crippen molar-refractivity contribution in [3.05, 3.63) is 59.7 Å². The molecule has 26 heavy (non-hydrogen) atoms. The summed E-state index contributed by atoms with van der Waals surface area (Å²) < 4.78 is 37.3. The van der Waals surface area contributed by atoms with Gasteiger partial charge in [-0.2, -0.15) is 0 Å². The van der Waals surface area contributed by atoms with Gasteiger partial charge in [0, 0.05) is 13.1 Å². The Morgan fingerprint density at radius 3 is 2.12 bits per heavy atom. The third kappa shape index (κ3) is 4.37. The summed E-state index contributed by atoms with van der Waals surface area (Å²) in [5, 5.41) is 0. The van der Waals surface area contributed by atoms with E-state index in [1.54, 1.807) is 18.5 Å². The summed E-state index contributed by atoms with van der Waals surface area (Å²) in [5.74, 6) is 1.97. The van der Waals surface area contributed by atoms with E-state index in [4.69, 9.17) is 9.47 Å². The van der Waals surface area contributed by atoms with E-state index >= 15 is 0 Å². The maximum absolute atomic E-state index is 12.7. The number of hydrogen-bond donors (Lipinski definition) is 0. The van der Waals surface area contributed by atoms with E-state index in [0.717, 1.165) is 23.5 Å². The van der Waals surface area contributed by atoms with E-state index in [9.17, 15) is 8.42 Å². The Bertz CT molecular complexity index is 816. The summed E-state index contributed by atoms with van der Waals surface area (Å²) in [7, 11) is 0.00748. The first-order valence-electron chi connectivity index (χ1n) is 8.76. The summed E-state index contributed by atoms with van der Waals surface area (Å²) in [6, 6.07) is 15.5. The van der Waals surface area contributed by atoms with Crippen molar-refractivity contribution in [2.45, 2.75) is 18.8 Å². The first-order chi connectivity index (χ1) is 12.5. The van der Waals surface area contributed by atoms with E-state index in [1.165, 1.54) is 5.56 Å². The van der Waals surface area contributed by atoms with Crippen LogP contribution in [0.15, 0.2) is 48.5 Å². The van der Waals surface area contributed by atoms with Crippen LogP contribution in [0.5, 0.6) is 11.5 Å². The molecule has 2 aromatic carbocycles. The summed E-state index contributed by atoms with van der Waals surface area (Å²) in [4.78, 5) is 0. The Kier molecular flexibility index (Phi) is 5.84. The van der Waals surface area contributed by atoms with Crippen LogP contribution < -0.4 is 9.47 Å². The normalized spacial score (nSPS) is 18.0. The van der Waals surface area contributed by atoms with Crippen LogP contribution in [0.3, 0.4) is 0 Å². The molecule has 1 heterocycles. The van der Waals surface area contributed by atoms with E-state index in [0.29, 0.717) is 19.5 Å². The van der Waals surface area contributed by atoms with Gasteiger partial charge < -0.3 is 9.47 Å². The van der Waals surface area contributed by atoms with Crippen LogP contribution in [0.2, 0.25) is 0 Å². The van der Waals surface area contributed by atoms with Gasteiger partial charge in [0.05, 0.1) is 20.0 Å². The van der Waals surface area contributed by atoms with Crippen molar-refractivity contribution in [1.82, 2.24) is 4.31 Å². The first-order valence-corrected chi connectivity index (χ1v) is 10.4. The van der Waals surface area contributed by atoms with Gasteiger partial charge in [-0.25, -0.2) is 12.7 Å². The third-order valence-corrected chi connectivity index (χ3v) is 6.78. The Labute approximate surface area is 155 Å². The number of ether oxygens (including phenoxy) is 2. The molecule has 1 aliphatic rings. The van der Waals surface area contributed by atoms with Crippen LogP contribution >= 0.6 is 0 Å². The van der Waals surface area contributed by atoms with Crippen molar-refractivity contribution < 1.29 is 17.9 Å². The molecular formula is C20H25NO4S. The predicted octanol–water partition coefficient (Wildman–Crippen LogP) is 3.07. The highest BCUT2D eigenvalue weighted by atomic mass is 32.2. The van der Waals surface area contributed by atoms with Gasteiger partial charge in [-0.15, -0.1) is 0 Å². The zero-order valence-electron chi connectivity index (χ0n) is 15.2. The second kappa shape index (κ2) is 8.10. The lowest BCUT2D eigenvalue weighted by Crippen LogP contribution is -2.31. The third-order valence-electron chi connectivity index (χ3n) is 4.94. The van der Waals surface area contributed by atoms with Gasteiger partial charge in [0.15, 0.2) is 0 Å². The molecule has 5 nitrogen and oxygen atoms in total. The van der Waals surface area contributed by atoms with Crippen LogP contribution in [0.25, 0.3) is 0 Å². The summed E-state index contributed by atoms with van der Waals surface area (Å²) >= 11 is 0. The topological polar surface area (TPSA) is 55.8 Å². The van der Waals surface area contributed by atoms with Gasteiger partial charge in [-0.1, -0.05) is 24.3 Å². The van der Waals surface area contributed by atoms with Crippen molar-refractivity contribution in [3.63, 3.8) is 0 Å². The number of sulfonamides is 1. The van der Waals surface area contributed by atoms with E-state index < -0.39 is 10.0 Å². The van der Waals surface area contributed by atoms with Crippen LogP contribution in [0, 0.1) is 0 Å². The number of rotatable bonds is 7. The largest absolute Gasteiger partial charge is 0.497 e. The van der Waals surface area contributed by atoms with Crippen LogP contribution in [0.1, 0.15) is 23.5 Å². The number of benzene rings is 2. The molecule has 1 aliphatic heterocycles. The minimum Gasteiger partial charge on any atom is -0.497 e. The SMILES string of the molecule is COc1ccc(CCS(=O)(=O)N2CCC(c3ccc(OC)cc3)C2)cc1. The molecule has 0 aromatic heterocycles. The van der Waals surface area contributed by atoms with Gasteiger partial charge in [0.1, 0.15) is 11.5 Å². The minimum absolute atomic E-state index is 0.134. The fourth-order valence-electron chi connectivity index (χ4n) is 3.30. The molecule has 1 unspecified atom stereocenters. The van der Waals surface area contributed by atoms with E-state index in [-0.39, 0.29) is 11.7 Å². The number of methoxy groups -OCH3 is 2. The zero-order chi connectivity index (χ0) is 18.6. The fourth-order valence-corrected chi connectivity index (χ4v) is 4.84. The highest BCUT2D eigenvalue weighted by molar-refractivity contribution is 7.89. The number of hydrogen-bond acceptors (Lipinski definition) is 4. The minimum atomic E-state index is -3.25. The monoisotopic (exact) mass is 375 g/mol. The Hall–Kier alpha value is -2.05. The lowest BCUT2D eigenvalue weighted by Gasteiger charge is -2.17. The summed E-state index contributed by atoms with van der Waals surface area (Å²) in [5.41, 5.74) is 2.17. The van der Waals surface area contributed by atoms with E-state index in [1.807, 2.05) is 48.5 Å². The molecule has 0 saturated carbocycles. The Balaban J connectivity index is 1.59. The predicted molar refractivity (Wildman–Crippen MR) is 102 cm³/mol. The quantitative estimate of drug-likeness (QED) is 0.746. The van der Waals surface area contributed by atoms with Gasteiger partial charge in [0.2, 0.25) is 10.0 Å². The lowest BCUT2D eigenvalue weighted by atomic mass is 9.99. The molecule has 1 fully saturated rings. The standard InChI is InChI=1S/C20H25NO4S/c1-24-19-7-3-16(4-8-19)12-14-26(22,23)21-13-11-18(15-21)17-5-9-20(25-2)10-6-17/h3-10,18H,11-15H2,1-2H3. The molecule has 0 aliphatic carbocycles. The number of nitrogens with zero attached hydrogens (tertiary/aromatic N) is 1. The lowest BCUT2D eigenvalue weighted by molar-refractivity contribution is 0.414. The maximum atomic E-state index is 12.7. The smallest absolute Gasteiger partial charge is 0.214 e. The molecule has 6 heteroatoms. The van der Waals surface area contributed by atoms with Gasteiger partial charge >= 0.3 is 0 Å². The molecular weight excluding hydrogens is 350 g/mol. The van der Waals surface area contributed by atoms with Crippen LogP contribution in [-0.4, -0.2) is 45.8 Å². The molecule has 0 amide bonds. The van der Waals surface area contributed by atoms with Crippen LogP contribution in [-0.2, 0) is 16.4 Å². The summed E-state index contributed by atoms with van der Waals surface area (Å²) in [6.07, 6.45) is 1.37. The molecule has 3 rings (SSSR count). The molecule has 2 aromatic rings. The van der Waals surface area contributed by atoms with Crippen molar-refractivity contribution in [2.75, 3.05) is 33.1 Å². The molecule has 1 saturated heterocycles. The van der Waals surface area contributed by atoms with E-state index in [2.05, 4.69) is 0 Å². The zero-order valence-corrected chi connectivity index (χ0v) is 16.0. The first kappa shape index (κ1) is 18.7. The number of aryl methyl sites for hydroxylation is 1. The second-order valence-electron chi connectivity index (χ2n) is 6.53. The molecule has 0 radical (unpaired) electrons. The average Bonchev–Trinajstić information content (AvgIpc) is 3.18. The van der Waals surface area contributed by atoms with Crippen molar-refractivity contribution in [1.29, 1.82) is 0 Å². The molecule has 0 N–H and O–H groups in total. The summed E-state index contributed by atoms with van der Waals surface area (Å²) in [6.45, 7) is 1.14. The maximum Gasteiger partial charge on any atom is 0.214 e. The van der Waals surface area contributed by atoms with Crippen molar-refractivity contribution in [3.8, 4) is 11.5 Å². The molecule has 140 valence electrons. The van der Waals surface area contributed by atoms with Crippen molar-refractivity contribution in [2.24, 2.45) is 0 Å². The Morgan fingerprint density at radius 2 is 1.54 bits per heavy atom. The molecule has 0 bridgehead atoms. The van der Waals surface area contributed by atoms with Gasteiger partial charge in [0.25, 0.3) is 0 Å². The van der Waals surface area contributed by atoms with Gasteiger partial charge in [-0.05, 0) is 54.2 Å². The van der Waals surface area contributed by atoms with Gasteiger partial charge in [-0.3, -0.25) is 0 Å². The Morgan fingerprint density at radius 1 is 0.962 bits per heavy atom. The highest BCUT2D eigenvalue weighted by Crippen LogP contribution is 2.30. The van der Waals surface area contributed by atoms with Crippen molar-refractivity contribution >= 4 is 10.0 Å². The second-order valence-corrected chi connectivity index (χ2v) is 8.62. The highest BCUT2D eigenvalue weighted by Gasteiger charge is 2.31. The molecule has 1 atom stereocenters.